The topological polar surface area (TPSA) is 81.1 Å². The molecule has 0 unspecified atom stereocenters. The lowest BCUT2D eigenvalue weighted by atomic mass is 10.1. The van der Waals surface area contributed by atoms with E-state index in [0.717, 1.165) is 5.56 Å². The number of carbonyl (C=O) groups excluding carboxylic acids is 1. The lowest BCUT2D eigenvalue weighted by Crippen LogP contribution is -2.22. The van der Waals surface area contributed by atoms with Gasteiger partial charge in [-0.2, -0.15) is 0 Å². The van der Waals surface area contributed by atoms with E-state index < -0.39 is 9.84 Å². The second-order valence-corrected chi connectivity index (χ2v) is 6.51. The largest absolute Gasteiger partial charge is 0.354 e. The Balaban J connectivity index is 2.29. The van der Waals surface area contributed by atoms with Crippen molar-refractivity contribution in [2.45, 2.75) is 11.7 Å². The Bertz CT molecular complexity index is 779. The highest BCUT2D eigenvalue weighted by Crippen LogP contribution is 2.29. The molecule has 0 saturated carbocycles. The first kappa shape index (κ1) is 12.9. The number of benzene rings is 1. The third kappa shape index (κ3) is 1.82. The fourth-order valence-corrected chi connectivity index (χ4v) is 3.68. The highest BCUT2D eigenvalue weighted by atomic mass is 32.2. The van der Waals surface area contributed by atoms with Gasteiger partial charge in [-0.05, 0) is 0 Å². The molecule has 104 valence electrons. The van der Waals surface area contributed by atoms with Gasteiger partial charge in [0, 0.05) is 19.2 Å². The van der Waals surface area contributed by atoms with E-state index in [2.05, 4.69) is 10.3 Å². The lowest BCUT2D eigenvalue weighted by molar-refractivity contribution is 0.0954. The number of aromatic nitrogens is 2. The summed E-state index contributed by atoms with van der Waals surface area (Å²) in [4.78, 5) is 16.3. The molecule has 1 aliphatic heterocycles. The van der Waals surface area contributed by atoms with Crippen LogP contribution in [0.3, 0.4) is 0 Å². The minimum absolute atomic E-state index is 0.00556. The van der Waals surface area contributed by atoms with Gasteiger partial charge >= 0.3 is 0 Å². The van der Waals surface area contributed by atoms with Crippen LogP contribution >= 0.6 is 0 Å². The van der Waals surface area contributed by atoms with Crippen molar-refractivity contribution in [1.82, 2.24) is 14.9 Å². The maximum atomic E-state index is 12.1. The molecule has 0 saturated heterocycles. The minimum atomic E-state index is -3.39. The number of amides is 1. The summed E-state index contributed by atoms with van der Waals surface area (Å²) >= 11 is 0. The van der Waals surface area contributed by atoms with Crippen molar-refractivity contribution in [2.24, 2.45) is 0 Å². The number of hydrogen-bond acceptors (Lipinski definition) is 4. The molecule has 2 aromatic rings. The summed E-state index contributed by atoms with van der Waals surface area (Å²) < 4.78 is 25.4. The Kier molecular flexibility index (Phi) is 2.86. The zero-order valence-corrected chi connectivity index (χ0v) is 11.6. The van der Waals surface area contributed by atoms with Crippen LogP contribution in [-0.2, 0) is 16.4 Å². The van der Waals surface area contributed by atoms with E-state index in [4.69, 9.17) is 0 Å². The predicted octanol–water partition coefficient (Wildman–Crippen LogP) is 0.697. The second kappa shape index (κ2) is 4.45. The van der Waals surface area contributed by atoms with Crippen molar-refractivity contribution in [3.8, 4) is 11.3 Å². The van der Waals surface area contributed by atoms with Gasteiger partial charge in [-0.15, -0.1) is 0 Å². The zero-order chi connectivity index (χ0) is 14.3. The second-order valence-electron chi connectivity index (χ2n) is 4.51. The molecule has 3 rings (SSSR count). The molecule has 1 aliphatic rings. The van der Waals surface area contributed by atoms with Crippen molar-refractivity contribution in [1.29, 1.82) is 0 Å². The Hall–Kier alpha value is -2.15. The SMILES string of the molecule is CNC(=O)c1c(-c2ccccc2)nc2n1CCS2(=O)=O. The summed E-state index contributed by atoms with van der Waals surface area (Å²) in [5.41, 5.74) is 1.43. The normalized spacial score (nSPS) is 15.8. The van der Waals surface area contributed by atoms with Crippen molar-refractivity contribution in [3.63, 3.8) is 0 Å². The van der Waals surface area contributed by atoms with Gasteiger partial charge in [-0.1, -0.05) is 30.3 Å². The molecule has 1 aromatic heterocycles. The smallest absolute Gasteiger partial charge is 0.270 e. The third-order valence-corrected chi connectivity index (χ3v) is 4.87. The van der Waals surface area contributed by atoms with E-state index in [1.54, 1.807) is 12.1 Å². The third-order valence-electron chi connectivity index (χ3n) is 3.28. The van der Waals surface area contributed by atoms with Crippen LogP contribution in [0, 0.1) is 0 Å². The van der Waals surface area contributed by atoms with Gasteiger partial charge in [0.05, 0.1) is 5.75 Å². The molecule has 0 spiro atoms. The number of sulfone groups is 1. The average molecular weight is 291 g/mol. The van der Waals surface area contributed by atoms with Crippen LogP contribution in [0.5, 0.6) is 0 Å². The summed E-state index contributed by atoms with van der Waals surface area (Å²) in [6.45, 7) is 0.264. The molecular weight excluding hydrogens is 278 g/mol. The summed E-state index contributed by atoms with van der Waals surface area (Å²) in [6, 6.07) is 9.10. The fraction of sp³-hybridized carbons (Fsp3) is 0.231. The Morgan fingerprint density at radius 3 is 2.65 bits per heavy atom. The maximum Gasteiger partial charge on any atom is 0.270 e. The van der Waals surface area contributed by atoms with E-state index in [0.29, 0.717) is 11.4 Å². The number of hydrogen-bond donors (Lipinski definition) is 1. The molecule has 1 amide bonds. The van der Waals surface area contributed by atoms with Crippen LogP contribution in [0.1, 0.15) is 10.5 Å². The quantitative estimate of drug-likeness (QED) is 0.883. The van der Waals surface area contributed by atoms with Gasteiger partial charge in [0.1, 0.15) is 11.4 Å². The zero-order valence-electron chi connectivity index (χ0n) is 10.8. The number of nitrogens with zero attached hydrogens (tertiary/aromatic N) is 2. The molecule has 0 radical (unpaired) electrons. The van der Waals surface area contributed by atoms with Gasteiger partial charge in [-0.3, -0.25) is 4.79 Å². The van der Waals surface area contributed by atoms with E-state index in [1.807, 2.05) is 18.2 Å². The van der Waals surface area contributed by atoms with Crippen LogP contribution in [0.2, 0.25) is 0 Å². The summed E-state index contributed by atoms with van der Waals surface area (Å²) in [5, 5.41) is 2.52. The summed E-state index contributed by atoms with van der Waals surface area (Å²) in [5.74, 6) is -0.339. The average Bonchev–Trinajstić information content (AvgIpc) is 2.97. The molecule has 2 heterocycles. The van der Waals surface area contributed by atoms with Crippen LogP contribution in [0.25, 0.3) is 11.3 Å². The van der Waals surface area contributed by atoms with Crippen molar-refractivity contribution in [3.05, 3.63) is 36.0 Å². The number of fused-ring (bicyclic) bond motifs is 1. The van der Waals surface area contributed by atoms with Gasteiger partial charge in [-0.25, -0.2) is 13.4 Å². The van der Waals surface area contributed by atoms with Gasteiger partial charge in [0.15, 0.2) is 0 Å². The highest BCUT2D eigenvalue weighted by Gasteiger charge is 2.35. The Labute approximate surface area is 116 Å². The first-order valence-corrected chi connectivity index (χ1v) is 7.80. The van der Waals surface area contributed by atoms with E-state index in [1.165, 1.54) is 11.6 Å². The molecule has 1 aromatic carbocycles. The van der Waals surface area contributed by atoms with Crippen molar-refractivity contribution >= 4 is 15.7 Å². The van der Waals surface area contributed by atoms with E-state index in [9.17, 15) is 13.2 Å². The summed E-state index contributed by atoms with van der Waals surface area (Å²) in [7, 11) is -1.87. The number of rotatable bonds is 2. The van der Waals surface area contributed by atoms with Gasteiger partial charge < -0.3 is 9.88 Å². The Morgan fingerprint density at radius 1 is 1.30 bits per heavy atom. The van der Waals surface area contributed by atoms with Crippen LogP contribution in [0.4, 0.5) is 0 Å². The van der Waals surface area contributed by atoms with Gasteiger partial charge in [0.25, 0.3) is 5.91 Å². The van der Waals surface area contributed by atoms with Crippen molar-refractivity contribution < 1.29 is 13.2 Å². The van der Waals surface area contributed by atoms with Crippen molar-refractivity contribution in [2.75, 3.05) is 12.8 Å². The molecule has 0 bridgehead atoms. The van der Waals surface area contributed by atoms with Gasteiger partial charge in [0.2, 0.25) is 15.0 Å². The summed E-state index contributed by atoms with van der Waals surface area (Å²) in [6.07, 6.45) is 0. The molecule has 20 heavy (non-hydrogen) atoms. The first-order chi connectivity index (χ1) is 9.54. The number of carbonyl (C=O) groups is 1. The maximum absolute atomic E-state index is 12.1. The van der Waals surface area contributed by atoms with Crippen LogP contribution in [-0.4, -0.2) is 36.7 Å². The molecule has 0 fully saturated rings. The standard InChI is InChI=1S/C13H13N3O3S/c1-14-12(17)11-10(9-5-3-2-4-6-9)15-13-16(11)7-8-20(13,18)19/h2-6H,7-8H2,1H3,(H,14,17). The fourth-order valence-electron chi connectivity index (χ4n) is 2.33. The molecule has 1 N–H and O–H groups in total. The van der Waals surface area contributed by atoms with E-state index in [-0.39, 0.29) is 23.4 Å². The Morgan fingerprint density at radius 2 is 2.00 bits per heavy atom. The van der Waals surface area contributed by atoms with Crippen LogP contribution in [0.15, 0.2) is 35.5 Å². The molecule has 0 aliphatic carbocycles. The molecule has 7 heteroatoms. The predicted molar refractivity (Wildman–Crippen MR) is 73.1 cm³/mol. The monoisotopic (exact) mass is 291 g/mol. The molecule has 6 nitrogen and oxygen atoms in total. The van der Waals surface area contributed by atoms with Crippen LogP contribution < -0.4 is 5.32 Å². The lowest BCUT2D eigenvalue weighted by Gasteiger charge is -2.05. The highest BCUT2D eigenvalue weighted by molar-refractivity contribution is 7.91. The van der Waals surface area contributed by atoms with E-state index >= 15 is 0 Å². The molecule has 0 atom stereocenters. The number of nitrogens with one attached hydrogen (secondary N) is 1. The molecular formula is C13H13N3O3S. The number of imidazole rings is 1. The first-order valence-electron chi connectivity index (χ1n) is 6.15. The minimum Gasteiger partial charge on any atom is -0.354 e.